The summed E-state index contributed by atoms with van der Waals surface area (Å²) in [6, 6.07) is 2.15. The van der Waals surface area contributed by atoms with Crippen molar-refractivity contribution in [3.63, 3.8) is 0 Å². The molecule has 1 aromatic rings. The van der Waals surface area contributed by atoms with Crippen LogP contribution in [0.4, 0.5) is 24.5 Å². The van der Waals surface area contributed by atoms with Crippen LogP contribution >= 0.6 is 0 Å². The Balaban J connectivity index is 3.15. The Morgan fingerprint density at radius 3 is 2.53 bits per heavy atom. The number of hydrogen-bond acceptors (Lipinski definition) is 4. The number of alkyl halides is 3. The molecule has 3 N–H and O–H groups in total. The molecule has 1 unspecified atom stereocenters. The number of anilines is 1. The second kappa shape index (κ2) is 5.87. The number of nitro benzene ring substituents is 1. The SMILES string of the molecule is CCC(CN)Nc1ccc(C(F)(F)F)cc1[N+](=O)[O-]. The van der Waals surface area contributed by atoms with Gasteiger partial charge in [-0.3, -0.25) is 10.1 Å². The van der Waals surface area contributed by atoms with Crippen LogP contribution in [0.1, 0.15) is 18.9 Å². The lowest BCUT2D eigenvalue weighted by Crippen LogP contribution is -2.28. The Bertz CT molecular complexity index is 459. The van der Waals surface area contributed by atoms with Gasteiger partial charge < -0.3 is 11.1 Å². The van der Waals surface area contributed by atoms with Gasteiger partial charge in [-0.05, 0) is 18.6 Å². The summed E-state index contributed by atoms with van der Waals surface area (Å²) in [6.07, 6.45) is -4.00. The predicted octanol–water partition coefficient (Wildman–Crippen LogP) is 2.76. The Morgan fingerprint density at radius 2 is 2.11 bits per heavy atom. The molecule has 0 radical (unpaired) electrons. The molecular formula is C11H14F3N3O2. The molecule has 0 saturated heterocycles. The first kappa shape index (κ1) is 15.2. The lowest BCUT2D eigenvalue weighted by Gasteiger charge is -2.16. The maximum atomic E-state index is 12.5. The van der Waals surface area contributed by atoms with Gasteiger partial charge in [0.05, 0.1) is 10.5 Å². The number of nitrogens with one attached hydrogen (secondary N) is 1. The average molecular weight is 277 g/mol. The predicted molar refractivity (Wildman–Crippen MR) is 64.9 cm³/mol. The van der Waals surface area contributed by atoms with Gasteiger partial charge in [-0.1, -0.05) is 6.92 Å². The molecule has 0 spiro atoms. The number of nitrogens with zero attached hydrogens (tertiary/aromatic N) is 1. The minimum absolute atomic E-state index is 0.0373. The van der Waals surface area contributed by atoms with Crippen LogP contribution in [-0.2, 0) is 6.18 Å². The summed E-state index contributed by atoms with van der Waals surface area (Å²) in [5, 5.41) is 13.6. The van der Waals surface area contributed by atoms with Crippen LogP contribution < -0.4 is 11.1 Å². The highest BCUT2D eigenvalue weighted by atomic mass is 19.4. The minimum Gasteiger partial charge on any atom is -0.375 e. The Kier molecular flexibility index (Phi) is 4.71. The normalized spacial score (nSPS) is 13.1. The first-order chi connectivity index (χ1) is 8.79. The lowest BCUT2D eigenvalue weighted by molar-refractivity contribution is -0.384. The average Bonchev–Trinajstić information content (AvgIpc) is 2.34. The van der Waals surface area contributed by atoms with E-state index in [-0.39, 0.29) is 18.3 Å². The number of rotatable bonds is 5. The molecule has 0 amide bonds. The molecule has 1 atom stereocenters. The highest BCUT2D eigenvalue weighted by Crippen LogP contribution is 2.35. The fourth-order valence-electron chi connectivity index (χ4n) is 1.53. The summed E-state index contributed by atoms with van der Waals surface area (Å²) in [5.74, 6) is 0. The highest BCUT2D eigenvalue weighted by molar-refractivity contribution is 5.63. The largest absolute Gasteiger partial charge is 0.416 e. The third kappa shape index (κ3) is 3.82. The van der Waals surface area contributed by atoms with E-state index in [4.69, 9.17) is 5.73 Å². The Morgan fingerprint density at radius 1 is 1.47 bits per heavy atom. The molecule has 0 aliphatic carbocycles. The van der Waals surface area contributed by atoms with Crippen LogP contribution in [0, 0.1) is 10.1 Å². The van der Waals surface area contributed by atoms with Crippen molar-refractivity contribution in [2.75, 3.05) is 11.9 Å². The molecule has 1 rings (SSSR count). The molecule has 0 fully saturated rings. The molecule has 0 aromatic heterocycles. The molecule has 0 saturated carbocycles. The van der Waals surface area contributed by atoms with E-state index in [1.54, 1.807) is 0 Å². The van der Waals surface area contributed by atoms with E-state index in [1.165, 1.54) is 0 Å². The van der Waals surface area contributed by atoms with Crippen molar-refractivity contribution in [2.45, 2.75) is 25.6 Å². The number of halogens is 3. The second-order valence-corrected chi connectivity index (χ2v) is 3.97. The summed E-state index contributed by atoms with van der Waals surface area (Å²) in [7, 11) is 0. The number of nitrogens with two attached hydrogens (primary N) is 1. The Labute approximate surface area is 107 Å². The highest BCUT2D eigenvalue weighted by Gasteiger charge is 2.33. The van der Waals surface area contributed by atoms with E-state index in [2.05, 4.69) is 5.32 Å². The lowest BCUT2D eigenvalue weighted by atomic mass is 10.1. The van der Waals surface area contributed by atoms with E-state index in [1.807, 2.05) is 6.92 Å². The van der Waals surface area contributed by atoms with Gasteiger partial charge in [-0.2, -0.15) is 13.2 Å². The van der Waals surface area contributed by atoms with Gasteiger partial charge in [-0.15, -0.1) is 0 Å². The zero-order valence-electron chi connectivity index (χ0n) is 10.2. The van der Waals surface area contributed by atoms with Gasteiger partial charge in [0, 0.05) is 18.7 Å². The van der Waals surface area contributed by atoms with Crippen molar-refractivity contribution in [3.8, 4) is 0 Å². The first-order valence-corrected chi connectivity index (χ1v) is 5.61. The van der Waals surface area contributed by atoms with E-state index in [0.717, 1.165) is 12.1 Å². The first-order valence-electron chi connectivity index (χ1n) is 5.61. The van der Waals surface area contributed by atoms with Crippen molar-refractivity contribution in [1.82, 2.24) is 0 Å². The van der Waals surface area contributed by atoms with Gasteiger partial charge in [0.15, 0.2) is 0 Å². The smallest absolute Gasteiger partial charge is 0.375 e. The summed E-state index contributed by atoms with van der Waals surface area (Å²) >= 11 is 0. The molecule has 0 aliphatic rings. The molecule has 0 bridgehead atoms. The molecular weight excluding hydrogens is 263 g/mol. The minimum atomic E-state index is -4.61. The van der Waals surface area contributed by atoms with Gasteiger partial charge in [0.25, 0.3) is 5.69 Å². The van der Waals surface area contributed by atoms with Gasteiger partial charge in [0.1, 0.15) is 5.69 Å². The molecule has 1 aromatic carbocycles. The standard InChI is InChI=1S/C11H14F3N3O2/c1-2-8(6-15)16-9-4-3-7(11(12,13)14)5-10(9)17(18)19/h3-5,8,16H,2,6,15H2,1H3. The number of hydrogen-bond donors (Lipinski definition) is 2. The molecule has 106 valence electrons. The van der Waals surface area contributed by atoms with Gasteiger partial charge in [-0.25, -0.2) is 0 Å². The van der Waals surface area contributed by atoms with E-state index >= 15 is 0 Å². The number of nitro groups is 1. The fraction of sp³-hybridized carbons (Fsp3) is 0.455. The quantitative estimate of drug-likeness (QED) is 0.640. The topological polar surface area (TPSA) is 81.2 Å². The number of benzene rings is 1. The maximum Gasteiger partial charge on any atom is 0.416 e. The van der Waals surface area contributed by atoms with Gasteiger partial charge >= 0.3 is 6.18 Å². The van der Waals surface area contributed by atoms with Gasteiger partial charge in [0.2, 0.25) is 0 Å². The third-order valence-corrected chi connectivity index (χ3v) is 2.66. The van der Waals surface area contributed by atoms with Crippen molar-refractivity contribution in [3.05, 3.63) is 33.9 Å². The summed E-state index contributed by atoms with van der Waals surface area (Å²) < 4.78 is 37.5. The zero-order valence-corrected chi connectivity index (χ0v) is 10.2. The molecule has 19 heavy (non-hydrogen) atoms. The molecule has 5 nitrogen and oxygen atoms in total. The van der Waals surface area contributed by atoms with Crippen LogP contribution in [-0.4, -0.2) is 17.5 Å². The van der Waals surface area contributed by atoms with E-state index in [9.17, 15) is 23.3 Å². The summed E-state index contributed by atoms with van der Waals surface area (Å²) in [4.78, 5) is 9.98. The van der Waals surface area contributed by atoms with E-state index < -0.39 is 22.4 Å². The van der Waals surface area contributed by atoms with Crippen molar-refractivity contribution >= 4 is 11.4 Å². The summed E-state index contributed by atoms with van der Waals surface area (Å²) in [5.41, 5.74) is 3.82. The zero-order chi connectivity index (χ0) is 14.6. The van der Waals surface area contributed by atoms with E-state index in [0.29, 0.717) is 12.5 Å². The molecule has 0 heterocycles. The van der Waals surface area contributed by atoms with Crippen LogP contribution in [0.2, 0.25) is 0 Å². The van der Waals surface area contributed by atoms with Crippen LogP contribution in [0.3, 0.4) is 0 Å². The van der Waals surface area contributed by atoms with Crippen LogP contribution in [0.15, 0.2) is 18.2 Å². The summed E-state index contributed by atoms with van der Waals surface area (Å²) in [6.45, 7) is 2.05. The maximum absolute atomic E-state index is 12.5. The monoisotopic (exact) mass is 277 g/mol. The van der Waals surface area contributed by atoms with Crippen molar-refractivity contribution in [1.29, 1.82) is 0 Å². The second-order valence-electron chi connectivity index (χ2n) is 3.97. The Hall–Kier alpha value is -1.83. The fourth-order valence-corrected chi connectivity index (χ4v) is 1.53. The molecule has 8 heteroatoms. The molecule has 0 aliphatic heterocycles. The van der Waals surface area contributed by atoms with Crippen LogP contribution in [0.5, 0.6) is 0 Å². The van der Waals surface area contributed by atoms with Crippen molar-refractivity contribution in [2.24, 2.45) is 5.73 Å². The van der Waals surface area contributed by atoms with Crippen LogP contribution in [0.25, 0.3) is 0 Å². The third-order valence-electron chi connectivity index (χ3n) is 2.66. The van der Waals surface area contributed by atoms with Crippen molar-refractivity contribution < 1.29 is 18.1 Å².